The van der Waals surface area contributed by atoms with Crippen LogP contribution in [0.2, 0.25) is 0 Å². The van der Waals surface area contributed by atoms with Crippen LogP contribution in [0.4, 0.5) is 4.79 Å². The Labute approximate surface area is 187 Å². The maximum Gasteiger partial charge on any atom is 0.407 e. The fourth-order valence-electron chi connectivity index (χ4n) is 4.29. The Hall–Kier alpha value is -3.35. The van der Waals surface area contributed by atoms with Gasteiger partial charge in [0.05, 0.1) is 0 Å². The van der Waals surface area contributed by atoms with Crippen molar-refractivity contribution in [1.29, 1.82) is 0 Å². The first-order chi connectivity index (χ1) is 15.4. The zero-order valence-corrected chi connectivity index (χ0v) is 18.3. The highest BCUT2D eigenvalue weighted by atomic mass is 16.5. The van der Waals surface area contributed by atoms with Crippen molar-refractivity contribution in [1.82, 2.24) is 10.2 Å². The first kappa shape index (κ1) is 21.9. The summed E-state index contributed by atoms with van der Waals surface area (Å²) in [6.07, 6.45) is 1.84. The summed E-state index contributed by atoms with van der Waals surface area (Å²) in [5.41, 5.74) is 4.51. The predicted octanol–water partition coefficient (Wildman–Crippen LogP) is 3.63. The topological polar surface area (TPSA) is 95.9 Å². The first-order valence-corrected chi connectivity index (χ1v) is 11.0. The number of alkyl carbamates (subject to hydrolysis) is 1. The van der Waals surface area contributed by atoms with Crippen LogP contribution < -0.4 is 5.32 Å². The highest BCUT2D eigenvalue weighted by molar-refractivity contribution is 5.89. The fourth-order valence-corrected chi connectivity index (χ4v) is 4.29. The molecule has 4 rings (SSSR count). The van der Waals surface area contributed by atoms with E-state index in [-0.39, 0.29) is 12.5 Å². The number of likely N-dealkylation sites (N-methyl/N-ethyl adjacent to an activating group) is 1. The molecular formula is C25H28N2O5. The fraction of sp³-hybridized carbons (Fsp3) is 0.400. The number of carboxylic acids is 1. The van der Waals surface area contributed by atoms with Crippen LogP contribution in [0.1, 0.15) is 43.2 Å². The van der Waals surface area contributed by atoms with Gasteiger partial charge in [-0.1, -0.05) is 61.4 Å². The Balaban J connectivity index is 1.43. The molecule has 0 bridgehead atoms. The summed E-state index contributed by atoms with van der Waals surface area (Å²) in [6, 6.07) is 14.4. The van der Waals surface area contributed by atoms with E-state index >= 15 is 0 Å². The summed E-state index contributed by atoms with van der Waals surface area (Å²) in [4.78, 5) is 37.9. The standard InChI is InChI=1S/C25H28N2O5/c1-15(24(29)30)27(2)23(28)22(13-16-11-12-16)26-25(31)32-14-21-19-9-5-3-7-17(19)18-8-4-6-10-20(18)21/h3-10,15-16,21-22H,11-14H2,1-2H3,(H,26,31)(H,29,30)/t15-,22-/m0/s1. The molecule has 2 aromatic carbocycles. The lowest BCUT2D eigenvalue weighted by Gasteiger charge is -2.27. The quantitative estimate of drug-likeness (QED) is 0.659. The molecule has 2 N–H and O–H groups in total. The lowest BCUT2D eigenvalue weighted by Crippen LogP contribution is -2.51. The van der Waals surface area contributed by atoms with Crippen molar-refractivity contribution in [3.05, 3.63) is 59.7 Å². The van der Waals surface area contributed by atoms with Crippen LogP contribution >= 0.6 is 0 Å². The minimum absolute atomic E-state index is 0.0690. The van der Waals surface area contributed by atoms with E-state index in [9.17, 15) is 19.5 Å². The van der Waals surface area contributed by atoms with Crippen molar-refractivity contribution in [2.45, 2.75) is 44.2 Å². The van der Waals surface area contributed by atoms with Crippen LogP contribution in [0, 0.1) is 5.92 Å². The maximum absolute atomic E-state index is 12.9. The molecule has 0 radical (unpaired) electrons. The van der Waals surface area contributed by atoms with Crippen molar-refractivity contribution < 1.29 is 24.2 Å². The van der Waals surface area contributed by atoms with Gasteiger partial charge >= 0.3 is 12.1 Å². The molecule has 2 amide bonds. The van der Waals surface area contributed by atoms with Gasteiger partial charge in [0.1, 0.15) is 18.7 Å². The summed E-state index contributed by atoms with van der Waals surface area (Å²) in [7, 11) is 1.44. The van der Waals surface area contributed by atoms with Crippen LogP contribution in [0.25, 0.3) is 11.1 Å². The summed E-state index contributed by atoms with van der Waals surface area (Å²) < 4.78 is 5.57. The largest absolute Gasteiger partial charge is 0.480 e. The van der Waals surface area contributed by atoms with Crippen LogP contribution in [0.5, 0.6) is 0 Å². The monoisotopic (exact) mass is 436 g/mol. The molecule has 0 saturated heterocycles. The minimum Gasteiger partial charge on any atom is -0.480 e. The number of nitrogens with one attached hydrogen (secondary N) is 1. The zero-order chi connectivity index (χ0) is 22.8. The smallest absolute Gasteiger partial charge is 0.407 e. The summed E-state index contributed by atoms with van der Waals surface area (Å²) in [6.45, 7) is 1.60. The number of carboxylic acid groups (broad SMARTS) is 1. The van der Waals surface area contributed by atoms with E-state index in [4.69, 9.17) is 4.74 Å². The molecule has 2 atom stereocenters. The van der Waals surface area contributed by atoms with E-state index in [1.54, 1.807) is 0 Å². The van der Waals surface area contributed by atoms with Gasteiger partial charge in [-0.15, -0.1) is 0 Å². The number of ether oxygens (including phenoxy) is 1. The Bertz CT molecular complexity index is 987. The van der Waals surface area contributed by atoms with Gasteiger partial charge in [-0.05, 0) is 41.5 Å². The predicted molar refractivity (Wildman–Crippen MR) is 119 cm³/mol. The van der Waals surface area contributed by atoms with Crippen LogP contribution in [-0.2, 0) is 14.3 Å². The van der Waals surface area contributed by atoms with Crippen molar-refractivity contribution in [3.8, 4) is 11.1 Å². The molecule has 0 spiro atoms. The van der Waals surface area contributed by atoms with Crippen LogP contribution in [-0.4, -0.2) is 53.7 Å². The number of amides is 2. The molecule has 2 aromatic rings. The Morgan fingerprint density at radius 1 is 1.06 bits per heavy atom. The van der Waals surface area contributed by atoms with Gasteiger partial charge in [0, 0.05) is 13.0 Å². The second-order valence-corrected chi connectivity index (χ2v) is 8.66. The van der Waals surface area contributed by atoms with Gasteiger partial charge in [-0.2, -0.15) is 0 Å². The Morgan fingerprint density at radius 3 is 2.16 bits per heavy atom. The SMILES string of the molecule is C[C@@H](C(=O)O)N(C)C(=O)[C@H](CC1CC1)NC(=O)OCC1c2ccccc2-c2ccccc21. The molecule has 2 aliphatic carbocycles. The third-order valence-electron chi connectivity index (χ3n) is 6.49. The highest BCUT2D eigenvalue weighted by Gasteiger charge is 2.35. The average Bonchev–Trinajstić information content (AvgIpc) is 3.56. The zero-order valence-electron chi connectivity index (χ0n) is 18.3. The van der Waals surface area contributed by atoms with E-state index in [1.807, 2.05) is 36.4 Å². The van der Waals surface area contributed by atoms with Gasteiger partial charge in [-0.25, -0.2) is 9.59 Å². The lowest BCUT2D eigenvalue weighted by molar-refractivity contribution is -0.149. The number of hydrogen-bond acceptors (Lipinski definition) is 4. The van der Waals surface area contributed by atoms with E-state index < -0.39 is 30.1 Å². The molecule has 7 heteroatoms. The third kappa shape index (κ3) is 4.47. The molecule has 1 saturated carbocycles. The summed E-state index contributed by atoms with van der Waals surface area (Å²) >= 11 is 0. The number of aliphatic carboxylic acids is 1. The molecule has 1 fully saturated rings. The highest BCUT2D eigenvalue weighted by Crippen LogP contribution is 2.44. The molecule has 0 heterocycles. The van der Waals surface area contributed by atoms with Crippen LogP contribution in [0.15, 0.2) is 48.5 Å². The molecule has 0 aromatic heterocycles. The third-order valence-corrected chi connectivity index (χ3v) is 6.49. The normalized spacial score (nSPS) is 16.4. The molecule has 168 valence electrons. The summed E-state index contributed by atoms with van der Waals surface area (Å²) in [5.74, 6) is -1.21. The molecular weight excluding hydrogens is 408 g/mol. The van der Waals surface area contributed by atoms with E-state index in [2.05, 4.69) is 17.4 Å². The molecule has 0 aliphatic heterocycles. The second-order valence-electron chi connectivity index (χ2n) is 8.66. The van der Waals surface area contributed by atoms with Crippen molar-refractivity contribution in [3.63, 3.8) is 0 Å². The summed E-state index contributed by atoms with van der Waals surface area (Å²) in [5, 5.41) is 11.9. The van der Waals surface area contributed by atoms with Gasteiger partial charge in [0.25, 0.3) is 0 Å². The number of fused-ring (bicyclic) bond motifs is 3. The number of nitrogens with zero attached hydrogens (tertiary/aromatic N) is 1. The van der Waals surface area contributed by atoms with E-state index in [1.165, 1.54) is 18.9 Å². The van der Waals surface area contributed by atoms with Crippen molar-refractivity contribution in [2.24, 2.45) is 5.92 Å². The lowest BCUT2D eigenvalue weighted by atomic mass is 9.98. The average molecular weight is 437 g/mol. The molecule has 2 aliphatic rings. The van der Waals surface area contributed by atoms with E-state index in [0.717, 1.165) is 35.1 Å². The Morgan fingerprint density at radius 2 is 1.62 bits per heavy atom. The van der Waals surface area contributed by atoms with Crippen LogP contribution in [0.3, 0.4) is 0 Å². The minimum atomic E-state index is -1.09. The number of benzene rings is 2. The number of rotatable bonds is 8. The van der Waals surface area contributed by atoms with Gasteiger partial charge in [0.15, 0.2) is 0 Å². The van der Waals surface area contributed by atoms with Crippen molar-refractivity contribution in [2.75, 3.05) is 13.7 Å². The first-order valence-electron chi connectivity index (χ1n) is 11.0. The number of hydrogen-bond donors (Lipinski definition) is 2. The molecule has 0 unspecified atom stereocenters. The molecule has 7 nitrogen and oxygen atoms in total. The number of carbonyl (C=O) groups is 3. The van der Waals surface area contributed by atoms with Gasteiger partial charge in [-0.3, -0.25) is 4.79 Å². The molecule has 32 heavy (non-hydrogen) atoms. The van der Waals surface area contributed by atoms with Gasteiger partial charge < -0.3 is 20.1 Å². The van der Waals surface area contributed by atoms with E-state index in [0.29, 0.717) is 12.3 Å². The van der Waals surface area contributed by atoms with Gasteiger partial charge in [0.2, 0.25) is 5.91 Å². The Kier molecular flexibility index (Phi) is 6.17. The number of carbonyl (C=O) groups excluding carboxylic acids is 2. The maximum atomic E-state index is 12.9. The van der Waals surface area contributed by atoms with Crippen molar-refractivity contribution >= 4 is 18.0 Å². The second kappa shape index (κ2) is 9.02.